The Kier molecular flexibility index (Phi) is 15.7. The van der Waals surface area contributed by atoms with Crippen molar-refractivity contribution in [3.05, 3.63) is 117 Å². The number of fused-ring (bicyclic) bond motifs is 6. The smallest absolute Gasteiger partial charge is 0.309 e. The first kappa shape index (κ1) is 45.2. The average Bonchev–Trinajstić information content (AvgIpc) is 3.55. The van der Waals surface area contributed by atoms with E-state index in [1.807, 2.05) is 39.8 Å². The summed E-state index contributed by atoms with van der Waals surface area (Å²) in [5.41, 5.74) is 15.2. The Bertz CT molecular complexity index is 1930. The Morgan fingerprint density at radius 1 is 0.464 bits per heavy atom. The molecule has 0 atom stereocenters. The van der Waals surface area contributed by atoms with Gasteiger partial charge in [-0.3, -0.25) is 9.13 Å². The molecular weight excluding hydrogens is 870 g/mol. The van der Waals surface area contributed by atoms with Crippen LogP contribution in [0.4, 0.5) is 0 Å². The maximum absolute atomic E-state index is 13.2. The third-order valence-corrected chi connectivity index (χ3v) is 16.6. The molecule has 0 heterocycles. The lowest BCUT2D eigenvalue weighted by molar-refractivity contribution is 0.218. The highest BCUT2D eigenvalue weighted by Gasteiger charge is 2.41. The van der Waals surface area contributed by atoms with Gasteiger partial charge in [0.15, 0.2) is 0 Å². The fraction of sp³-hybridized carbons (Fsp3) is 0.478. The summed E-state index contributed by atoms with van der Waals surface area (Å²) in [6.45, 7) is 17.9. The monoisotopic (exact) mass is 928 g/mol. The van der Waals surface area contributed by atoms with Gasteiger partial charge >= 0.3 is 15.2 Å². The van der Waals surface area contributed by atoms with Crippen LogP contribution in [0.15, 0.2) is 72.8 Å². The minimum Gasteiger partial charge on any atom is -0.309 e. The highest BCUT2D eigenvalue weighted by atomic mass is 79.9. The molecule has 0 saturated heterocycles. The van der Waals surface area contributed by atoms with Gasteiger partial charge in [-0.2, -0.15) is 0 Å². The molecule has 0 unspecified atom stereocenters. The van der Waals surface area contributed by atoms with Crippen LogP contribution in [-0.4, -0.2) is 26.4 Å². The molecule has 2 aliphatic rings. The van der Waals surface area contributed by atoms with Gasteiger partial charge in [-0.25, -0.2) is 0 Å². The third kappa shape index (κ3) is 9.45. The molecule has 6 nitrogen and oxygen atoms in total. The summed E-state index contributed by atoms with van der Waals surface area (Å²) in [5, 5.41) is 1.84. The minimum absolute atomic E-state index is 0.149. The first-order chi connectivity index (χ1) is 26.8. The van der Waals surface area contributed by atoms with Crippen molar-refractivity contribution in [1.82, 2.24) is 0 Å². The van der Waals surface area contributed by atoms with E-state index in [9.17, 15) is 9.13 Å². The Labute approximate surface area is 353 Å². The molecule has 0 amide bonds. The van der Waals surface area contributed by atoms with Crippen molar-refractivity contribution in [3.63, 3.8) is 0 Å². The summed E-state index contributed by atoms with van der Waals surface area (Å²) in [5.74, 6) is 0. The fourth-order valence-electron chi connectivity index (χ4n) is 8.81. The first-order valence-corrected chi connectivity index (χ1v) is 25.9. The van der Waals surface area contributed by atoms with Gasteiger partial charge < -0.3 is 18.1 Å². The van der Waals surface area contributed by atoms with Gasteiger partial charge in [-0.1, -0.05) is 145 Å². The summed E-state index contributed by atoms with van der Waals surface area (Å²) in [7, 11) is -6.40. The van der Waals surface area contributed by atoms with Crippen LogP contribution in [0.5, 0.6) is 0 Å². The molecule has 0 bridgehead atoms. The van der Waals surface area contributed by atoms with Crippen molar-refractivity contribution >= 4 is 47.1 Å². The molecule has 0 radical (unpaired) electrons. The number of alkyl halides is 2. The third-order valence-electron chi connectivity index (χ3n) is 11.2. The molecule has 4 aromatic carbocycles. The Morgan fingerprint density at radius 3 is 0.982 bits per heavy atom. The first-order valence-electron chi connectivity index (χ1n) is 20.2. The van der Waals surface area contributed by atoms with Crippen LogP contribution in [0.25, 0.3) is 22.3 Å². The molecule has 2 aliphatic carbocycles. The van der Waals surface area contributed by atoms with E-state index < -0.39 is 15.2 Å². The number of hydrogen-bond donors (Lipinski definition) is 0. The van der Waals surface area contributed by atoms with Crippen molar-refractivity contribution in [3.8, 4) is 22.3 Å². The normalized spacial score (nSPS) is 14.8. The summed E-state index contributed by atoms with van der Waals surface area (Å²) in [6, 6.07) is 26.5. The van der Waals surface area contributed by atoms with Gasteiger partial charge in [0.2, 0.25) is 0 Å². The molecule has 0 fully saturated rings. The lowest BCUT2D eigenvalue weighted by Crippen LogP contribution is -2.20. The van der Waals surface area contributed by atoms with Crippen LogP contribution in [0, 0.1) is 0 Å². The molecule has 0 spiro atoms. The summed E-state index contributed by atoms with van der Waals surface area (Å²) in [4.78, 5) is 0. The number of hydrogen-bond acceptors (Lipinski definition) is 6. The summed E-state index contributed by atoms with van der Waals surface area (Å²) < 4.78 is 48.5. The van der Waals surface area contributed by atoms with Crippen molar-refractivity contribution in [2.75, 3.05) is 26.4 Å². The molecule has 304 valence electrons. The molecule has 6 rings (SSSR count). The molecule has 0 aliphatic heterocycles. The average molecular weight is 931 g/mol. The Balaban J connectivity index is 0.000000242. The van der Waals surface area contributed by atoms with E-state index in [-0.39, 0.29) is 23.2 Å². The van der Waals surface area contributed by atoms with E-state index in [4.69, 9.17) is 18.1 Å². The molecule has 10 heteroatoms. The van der Waals surface area contributed by atoms with Gasteiger partial charge in [-0.15, -0.1) is 0 Å². The molecule has 4 aromatic rings. The maximum atomic E-state index is 13.2. The second kappa shape index (κ2) is 19.5. The second-order valence-corrected chi connectivity index (χ2v) is 20.4. The quantitative estimate of drug-likeness (QED) is 0.0731. The van der Waals surface area contributed by atoms with E-state index in [1.54, 1.807) is 0 Å². The fourth-order valence-corrected chi connectivity index (χ4v) is 12.9. The van der Waals surface area contributed by atoms with E-state index in [1.165, 1.54) is 68.5 Å². The van der Waals surface area contributed by atoms with Crippen LogP contribution < -0.4 is 0 Å². The van der Waals surface area contributed by atoms with Crippen LogP contribution in [-0.2, 0) is 61.0 Å². The van der Waals surface area contributed by atoms with Gasteiger partial charge in [0.1, 0.15) is 0 Å². The predicted octanol–water partition coefficient (Wildman–Crippen LogP) is 14.9. The van der Waals surface area contributed by atoms with Gasteiger partial charge in [0.05, 0.1) is 38.8 Å². The Hall–Kier alpha value is -1.86. The molecule has 0 N–H and O–H groups in total. The molecule has 0 aromatic heterocycles. The lowest BCUT2D eigenvalue weighted by atomic mass is 9.76. The highest BCUT2D eigenvalue weighted by Crippen LogP contribution is 2.57. The van der Waals surface area contributed by atoms with Crippen LogP contribution in [0.3, 0.4) is 0 Å². The number of rotatable bonds is 18. The van der Waals surface area contributed by atoms with Gasteiger partial charge in [-0.05, 0) is 107 Å². The second-order valence-electron chi connectivity index (χ2n) is 15.2. The molecule has 56 heavy (non-hydrogen) atoms. The standard InChI is InChI=1S/C27H40O6P2.C19H20Br2/c1-7-16-27(6)25-17-21(19-34(28,30-8-2)31-9-3)12-14-23(25)24-15-13-22(18-26(24)27)20-35(29,32-10-4)33-11-5;1-3-8-19(2)17-9-13(11-20)4-6-15(17)16-7-5-14(12-21)10-18(16)19/h12-15,17-18H,7-11,16,19-20H2,1-6H3;4-7,9-10H,3,8,11-12H2,1-2H3. The highest BCUT2D eigenvalue weighted by molar-refractivity contribution is 9.08. The molecule has 0 saturated carbocycles. The zero-order chi connectivity index (χ0) is 40.7. The van der Waals surface area contributed by atoms with E-state index in [2.05, 4.69) is 120 Å². The van der Waals surface area contributed by atoms with Crippen LogP contribution in [0.2, 0.25) is 0 Å². The van der Waals surface area contributed by atoms with E-state index in [0.717, 1.165) is 34.6 Å². The van der Waals surface area contributed by atoms with Gasteiger partial charge in [0.25, 0.3) is 0 Å². The minimum atomic E-state index is -3.20. The van der Waals surface area contributed by atoms with Crippen LogP contribution in [0.1, 0.15) is 126 Å². The summed E-state index contributed by atoms with van der Waals surface area (Å²) >= 11 is 7.19. The predicted molar refractivity (Wildman–Crippen MR) is 241 cm³/mol. The zero-order valence-corrected chi connectivity index (χ0v) is 39.5. The van der Waals surface area contributed by atoms with Crippen molar-refractivity contribution in [1.29, 1.82) is 0 Å². The largest absolute Gasteiger partial charge is 0.335 e. The van der Waals surface area contributed by atoms with Crippen LogP contribution >= 0.6 is 47.1 Å². The van der Waals surface area contributed by atoms with Crippen molar-refractivity contribution < 1.29 is 27.2 Å². The van der Waals surface area contributed by atoms with E-state index in [0.29, 0.717) is 26.4 Å². The maximum Gasteiger partial charge on any atom is 0.335 e. The van der Waals surface area contributed by atoms with Crippen molar-refractivity contribution in [2.45, 2.75) is 115 Å². The van der Waals surface area contributed by atoms with E-state index >= 15 is 0 Å². The summed E-state index contributed by atoms with van der Waals surface area (Å²) in [6.07, 6.45) is 4.87. The number of benzene rings is 4. The Morgan fingerprint density at radius 2 is 0.732 bits per heavy atom. The topological polar surface area (TPSA) is 71.1 Å². The molecular formula is C46H60Br2O6P2. The zero-order valence-electron chi connectivity index (χ0n) is 34.5. The SMILES string of the molecule is CCCC1(C)c2cc(CBr)ccc2-c2ccc(CBr)cc21.CCCC1(C)c2cc(CP(=O)(OCC)OCC)ccc2-c2ccc(CP(=O)(OCC)OCC)cc21. The van der Waals surface area contributed by atoms with Gasteiger partial charge in [0, 0.05) is 21.5 Å². The van der Waals surface area contributed by atoms with Crippen molar-refractivity contribution in [2.24, 2.45) is 0 Å². The number of halogens is 2. The lowest BCUT2D eigenvalue weighted by Gasteiger charge is -2.28.